The Kier molecular flexibility index (Phi) is 4.73. The van der Waals surface area contributed by atoms with Crippen LogP contribution in [0, 0.1) is 6.92 Å². The number of benzene rings is 2. The number of aromatic nitrogens is 3. The zero-order valence-electron chi connectivity index (χ0n) is 14.0. The molecule has 0 amide bonds. The zero-order chi connectivity index (χ0) is 17.9. The molecule has 0 saturated carbocycles. The number of para-hydroxylation sites is 1. The molecule has 4 rings (SSSR count). The number of anilines is 2. The van der Waals surface area contributed by atoms with Crippen molar-refractivity contribution in [3.8, 4) is 0 Å². The van der Waals surface area contributed by atoms with Crippen molar-refractivity contribution >= 4 is 44.8 Å². The van der Waals surface area contributed by atoms with Crippen molar-refractivity contribution in [1.82, 2.24) is 15.0 Å². The first-order chi connectivity index (χ1) is 12.7. The van der Waals surface area contributed by atoms with E-state index < -0.39 is 0 Å². The molecule has 0 aliphatic heterocycles. The van der Waals surface area contributed by atoms with E-state index in [2.05, 4.69) is 39.3 Å². The summed E-state index contributed by atoms with van der Waals surface area (Å²) >= 11 is 3.04. The number of H-pyrrole nitrogens is 1. The SMILES string of the molecule is Cc1ccc(Nc2nc(CSc3nc4ccccc4c(=O)[nH]3)cs2)cc1. The number of fused-ring (bicyclic) bond motifs is 1. The summed E-state index contributed by atoms with van der Waals surface area (Å²) in [6.07, 6.45) is 0. The van der Waals surface area contributed by atoms with Gasteiger partial charge < -0.3 is 10.3 Å². The van der Waals surface area contributed by atoms with Crippen LogP contribution in [0.5, 0.6) is 0 Å². The lowest BCUT2D eigenvalue weighted by Gasteiger charge is -2.03. The highest BCUT2D eigenvalue weighted by atomic mass is 32.2. The van der Waals surface area contributed by atoms with Gasteiger partial charge in [-0.3, -0.25) is 4.79 Å². The summed E-state index contributed by atoms with van der Waals surface area (Å²) in [6.45, 7) is 2.06. The number of nitrogens with one attached hydrogen (secondary N) is 2. The van der Waals surface area contributed by atoms with Crippen molar-refractivity contribution < 1.29 is 0 Å². The van der Waals surface area contributed by atoms with Gasteiger partial charge in [0.15, 0.2) is 10.3 Å². The Bertz CT molecular complexity index is 1100. The molecule has 4 aromatic rings. The molecule has 0 unspecified atom stereocenters. The first-order valence-corrected chi connectivity index (χ1v) is 9.94. The van der Waals surface area contributed by atoms with E-state index in [1.807, 2.05) is 35.7 Å². The average molecular weight is 380 g/mol. The molecule has 0 radical (unpaired) electrons. The molecule has 0 spiro atoms. The van der Waals surface area contributed by atoms with Crippen LogP contribution in [0.4, 0.5) is 10.8 Å². The maximum Gasteiger partial charge on any atom is 0.259 e. The summed E-state index contributed by atoms with van der Waals surface area (Å²) in [4.78, 5) is 24.0. The van der Waals surface area contributed by atoms with E-state index in [0.717, 1.165) is 16.5 Å². The highest BCUT2D eigenvalue weighted by Crippen LogP contribution is 2.25. The lowest BCUT2D eigenvalue weighted by Crippen LogP contribution is -2.08. The van der Waals surface area contributed by atoms with Crippen LogP contribution in [0.15, 0.2) is 63.9 Å². The van der Waals surface area contributed by atoms with E-state index in [4.69, 9.17) is 0 Å². The lowest BCUT2D eigenvalue weighted by atomic mass is 10.2. The van der Waals surface area contributed by atoms with Gasteiger partial charge in [0.1, 0.15) is 0 Å². The molecular formula is C19H16N4OS2. The molecule has 5 nitrogen and oxygen atoms in total. The van der Waals surface area contributed by atoms with Gasteiger partial charge in [0, 0.05) is 16.8 Å². The Morgan fingerprint density at radius 1 is 1.12 bits per heavy atom. The van der Waals surface area contributed by atoms with Gasteiger partial charge in [0.05, 0.1) is 16.6 Å². The number of aryl methyl sites for hydroxylation is 1. The molecule has 2 aromatic heterocycles. The number of hydrogen-bond donors (Lipinski definition) is 2. The van der Waals surface area contributed by atoms with Crippen LogP contribution in [0.2, 0.25) is 0 Å². The second-order valence-corrected chi connectivity index (χ2v) is 7.63. The fourth-order valence-electron chi connectivity index (χ4n) is 2.47. The fraction of sp³-hybridized carbons (Fsp3) is 0.105. The summed E-state index contributed by atoms with van der Waals surface area (Å²) in [5.74, 6) is 0.646. The van der Waals surface area contributed by atoms with Crippen LogP contribution in [0.25, 0.3) is 10.9 Å². The second kappa shape index (κ2) is 7.31. The quantitative estimate of drug-likeness (QED) is 0.387. The highest BCUT2D eigenvalue weighted by molar-refractivity contribution is 7.98. The number of hydrogen-bond acceptors (Lipinski definition) is 6. The Balaban J connectivity index is 1.45. The van der Waals surface area contributed by atoms with Gasteiger partial charge in [-0.05, 0) is 31.2 Å². The van der Waals surface area contributed by atoms with E-state index in [0.29, 0.717) is 21.8 Å². The molecule has 0 bridgehead atoms. The Labute approximate surface area is 158 Å². The second-order valence-electron chi connectivity index (χ2n) is 5.81. The normalized spacial score (nSPS) is 11.0. The Morgan fingerprint density at radius 3 is 2.77 bits per heavy atom. The summed E-state index contributed by atoms with van der Waals surface area (Å²) < 4.78 is 0. The standard InChI is InChI=1S/C19H16N4OS2/c1-12-6-8-13(9-7-12)20-18-21-14(10-25-18)11-26-19-22-16-5-3-2-4-15(16)17(24)23-19/h2-10H,11H2,1H3,(H,20,21)(H,22,23,24). The Morgan fingerprint density at radius 2 is 1.92 bits per heavy atom. The van der Waals surface area contributed by atoms with Gasteiger partial charge in [-0.1, -0.05) is 41.6 Å². The van der Waals surface area contributed by atoms with E-state index in [9.17, 15) is 4.79 Å². The summed E-state index contributed by atoms with van der Waals surface area (Å²) in [6, 6.07) is 15.5. The Hall–Kier alpha value is -2.64. The van der Waals surface area contributed by atoms with Gasteiger partial charge in [0.25, 0.3) is 5.56 Å². The summed E-state index contributed by atoms with van der Waals surface area (Å²) in [5, 5.41) is 7.39. The van der Waals surface area contributed by atoms with Crippen LogP contribution in [0.1, 0.15) is 11.3 Å². The molecule has 130 valence electrons. The molecule has 2 aromatic carbocycles. The van der Waals surface area contributed by atoms with E-state index in [1.165, 1.54) is 17.3 Å². The van der Waals surface area contributed by atoms with Gasteiger partial charge >= 0.3 is 0 Å². The van der Waals surface area contributed by atoms with Crippen LogP contribution in [-0.2, 0) is 5.75 Å². The van der Waals surface area contributed by atoms with Crippen LogP contribution in [-0.4, -0.2) is 15.0 Å². The number of rotatable bonds is 5. The fourth-order valence-corrected chi connectivity index (χ4v) is 4.06. The van der Waals surface area contributed by atoms with Gasteiger partial charge in [-0.15, -0.1) is 11.3 Å². The van der Waals surface area contributed by atoms with Crippen molar-refractivity contribution in [2.75, 3.05) is 5.32 Å². The minimum atomic E-state index is -0.113. The highest BCUT2D eigenvalue weighted by Gasteiger charge is 2.07. The van der Waals surface area contributed by atoms with Gasteiger partial charge in [0.2, 0.25) is 0 Å². The molecule has 2 heterocycles. The maximum atomic E-state index is 12.1. The third kappa shape index (κ3) is 3.79. The van der Waals surface area contributed by atoms with Crippen molar-refractivity contribution in [2.45, 2.75) is 17.8 Å². The molecule has 26 heavy (non-hydrogen) atoms. The number of thioether (sulfide) groups is 1. The molecule has 7 heteroatoms. The van der Waals surface area contributed by atoms with Crippen LogP contribution >= 0.6 is 23.1 Å². The predicted molar refractivity (Wildman–Crippen MR) is 109 cm³/mol. The van der Waals surface area contributed by atoms with E-state index >= 15 is 0 Å². The predicted octanol–water partition coefficient (Wildman–Crippen LogP) is 4.72. The van der Waals surface area contributed by atoms with Gasteiger partial charge in [-0.2, -0.15) is 0 Å². The monoisotopic (exact) mass is 380 g/mol. The van der Waals surface area contributed by atoms with Crippen molar-refractivity contribution in [2.24, 2.45) is 0 Å². The molecule has 0 saturated heterocycles. The van der Waals surface area contributed by atoms with Crippen LogP contribution in [0.3, 0.4) is 0 Å². The lowest BCUT2D eigenvalue weighted by molar-refractivity contribution is 0.972. The first kappa shape index (κ1) is 16.8. The summed E-state index contributed by atoms with van der Waals surface area (Å²) in [7, 11) is 0. The zero-order valence-corrected chi connectivity index (χ0v) is 15.7. The molecular weight excluding hydrogens is 364 g/mol. The van der Waals surface area contributed by atoms with Gasteiger partial charge in [-0.25, -0.2) is 9.97 Å². The number of aromatic amines is 1. The van der Waals surface area contributed by atoms with Crippen molar-refractivity contribution in [3.05, 3.63) is 75.5 Å². The van der Waals surface area contributed by atoms with Crippen molar-refractivity contribution in [1.29, 1.82) is 0 Å². The number of thiazole rings is 1. The minimum Gasteiger partial charge on any atom is -0.332 e. The van der Waals surface area contributed by atoms with E-state index in [1.54, 1.807) is 17.4 Å². The molecule has 0 atom stereocenters. The third-order valence-corrected chi connectivity index (χ3v) is 5.52. The molecule has 0 aliphatic carbocycles. The topological polar surface area (TPSA) is 70.7 Å². The first-order valence-electron chi connectivity index (χ1n) is 8.07. The molecule has 0 fully saturated rings. The summed E-state index contributed by atoms with van der Waals surface area (Å²) in [5.41, 5.74) is 3.79. The number of nitrogens with zero attached hydrogens (tertiary/aromatic N) is 2. The molecule has 2 N–H and O–H groups in total. The third-order valence-electron chi connectivity index (χ3n) is 3.80. The van der Waals surface area contributed by atoms with E-state index in [-0.39, 0.29) is 5.56 Å². The van der Waals surface area contributed by atoms with Crippen LogP contribution < -0.4 is 10.9 Å². The largest absolute Gasteiger partial charge is 0.332 e. The smallest absolute Gasteiger partial charge is 0.259 e. The minimum absolute atomic E-state index is 0.113. The molecule has 0 aliphatic rings. The maximum absolute atomic E-state index is 12.1. The van der Waals surface area contributed by atoms with Crippen molar-refractivity contribution in [3.63, 3.8) is 0 Å². The average Bonchev–Trinajstić information content (AvgIpc) is 3.09.